The lowest BCUT2D eigenvalue weighted by atomic mass is 9.87. The summed E-state index contributed by atoms with van der Waals surface area (Å²) >= 11 is 0. The van der Waals surface area contributed by atoms with Crippen LogP contribution in [0.5, 0.6) is 0 Å². The molecule has 0 aromatic heterocycles. The third-order valence-corrected chi connectivity index (χ3v) is 4.70. The van der Waals surface area contributed by atoms with Gasteiger partial charge in [0.15, 0.2) is 0 Å². The lowest BCUT2D eigenvalue weighted by molar-refractivity contribution is 0.0290. The van der Waals surface area contributed by atoms with Crippen LogP contribution in [0.25, 0.3) is 0 Å². The van der Waals surface area contributed by atoms with Crippen LogP contribution in [0.2, 0.25) is 0 Å². The Bertz CT molecular complexity index is 246. The molecule has 0 aliphatic carbocycles. The third kappa shape index (κ3) is 3.23. The second-order valence-electron chi connectivity index (χ2n) is 6.03. The van der Waals surface area contributed by atoms with Crippen molar-refractivity contribution in [2.24, 2.45) is 5.41 Å². The molecule has 0 aromatic rings. The topological polar surface area (TPSA) is 35.9 Å². The van der Waals surface area contributed by atoms with E-state index in [2.05, 4.69) is 23.6 Å². The van der Waals surface area contributed by atoms with E-state index in [-0.39, 0.29) is 12.0 Å². The number of piperazine rings is 1. The molecule has 2 heterocycles. The highest BCUT2D eigenvalue weighted by molar-refractivity contribution is 4.88. The first-order valence-corrected chi connectivity index (χ1v) is 7.34. The summed E-state index contributed by atoms with van der Waals surface area (Å²) < 4.78 is 5.47. The van der Waals surface area contributed by atoms with Crippen molar-refractivity contribution in [1.29, 1.82) is 0 Å². The number of aliphatic hydroxyl groups excluding tert-OH is 1. The SMILES string of the molecule is CCC(C)N1CCN(CC2(CO)CCOC2)CC1. The molecule has 4 heteroatoms. The normalized spacial score (nSPS) is 32.8. The van der Waals surface area contributed by atoms with E-state index in [0.717, 1.165) is 52.4 Å². The zero-order valence-corrected chi connectivity index (χ0v) is 11.9. The van der Waals surface area contributed by atoms with Gasteiger partial charge in [-0.1, -0.05) is 6.92 Å². The highest BCUT2D eigenvalue weighted by atomic mass is 16.5. The lowest BCUT2D eigenvalue weighted by Gasteiger charge is -2.41. The van der Waals surface area contributed by atoms with E-state index in [1.807, 2.05) is 0 Å². The fraction of sp³-hybridized carbons (Fsp3) is 1.00. The lowest BCUT2D eigenvalue weighted by Crippen LogP contribution is -2.52. The predicted molar refractivity (Wildman–Crippen MR) is 72.7 cm³/mol. The monoisotopic (exact) mass is 256 g/mol. The summed E-state index contributed by atoms with van der Waals surface area (Å²) in [5, 5.41) is 9.61. The molecule has 0 aromatic carbocycles. The van der Waals surface area contributed by atoms with Crippen molar-refractivity contribution in [1.82, 2.24) is 9.80 Å². The summed E-state index contributed by atoms with van der Waals surface area (Å²) in [4.78, 5) is 5.08. The van der Waals surface area contributed by atoms with Gasteiger partial charge in [-0.15, -0.1) is 0 Å². The van der Waals surface area contributed by atoms with Gasteiger partial charge in [-0.3, -0.25) is 4.90 Å². The van der Waals surface area contributed by atoms with Crippen molar-refractivity contribution in [3.8, 4) is 0 Å². The maximum Gasteiger partial charge on any atom is 0.0557 e. The molecular formula is C14H28N2O2. The summed E-state index contributed by atoms with van der Waals surface area (Å²) in [5.41, 5.74) is 0.0124. The molecule has 2 aliphatic rings. The third-order valence-electron chi connectivity index (χ3n) is 4.70. The average Bonchev–Trinajstić information content (AvgIpc) is 2.88. The fourth-order valence-electron chi connectivity index (χ4n) is 3.04. The summed E-state index contributed by atoms with van der Waals surface area (Å²) in [6, 6.07) is 0.703. The molecule has 0 amide bonds. The molecule has 2 saturated heterocycles. The van der Waals surface area contributed by atoms with Crippen molar-refractivity contribution in [3.63, 3.8) is 0 Å². The minimum atomic E-state index is 0.0124. The van der Waals surface area contributed by atoms with Gasteiger partial charge >= 0.3 is 0 Å². The highest BCUT2D eigenvalue weighted by Gasteiger charge is 2.36. The number of rotatable bonds is 5. The molecule has 2 unspecified atom stereocenters. The van der Waals surface area contributed by atoms with Crippen molar-refractivity contribution in [2.75, 3.05) is 52.5 Å². The molecule has 1 N–H and O–H groups in total. The zero-order valence-electron chi connectivity index (χ0n) is 11.9. The first-order valence-electron chi connectivity index (χ1n) is 7.34. The van der Waals surface area contributed by atoms with Crippen LogP contribution in [0, 0.1) is 5.41 Å². The highest BCUT2D eigenvalue weighted by Crippen LogP contribution is 2.29. The summed E-state index contributed by atoms with van der Waals surface area (Å²) in [6.45, 7) is 12.0. The molecule has 2 fully saturated rings. The Morgan fingerprint density at radius 1 is 1.28 bits per heavy atom. The predicted octanol–water partition coefficient (Wildman–Crippen LogP) is 0.802. The second-order valence-corrected chi connectivity index (χ2v) is 6.03. The van der Waals surface area contributed by atoms with Gasteiger partial charge in [-0.05, 0) is 19.8 Å². The minimum Gasteiger partial charge on any atom is -0.396 e. The van der Waals surface area contributed by atoms with Crippen LogP contribution in [0.3, 0.4) is 0 Å². The van der Waals surface area contributed by atoms with Crippen molar-refractivity contribution < 1.29 is 9.84 Å². The smallest absolute Gasteiger partial charge is 0.0557 e. The Balaban J connectivity index is 1.79. The zero-order chi connectivity index (χ0) is 13.0. The van der Waals surface area contributed by atoms with Gasteiger partial charge in [0.05, 0.1) is 13.2 Å². The van der Waals surface area contributed by atoms with Gasteiger partial charge in [0.2, 0.25) is 0 Å². The van der Waals surface area contributed by atoms with Crippen LogP contribution in [-0.4, -0.2) is 73.5 Å². The molecular weight excluding hydrogens is 228 g/mol. The van der Waals surface area contributed by atoms with E-state index in [1.165, 1.54) is 6.42 Å². The molecule has 0 spiro atoms. The van der Waals surface area contributed by atoms with E-state index in [0.29, 0.717) is 6.04 Å². The molecule has 0 saturated carbocycles. The number of hydrogen-bond acceptors (Lipinski definition) is 4. The average molecular weight is 256 g/mol. The summed E-state index contributed by atoms with van der Waals surface area (Å²) in [7, 11) is 0. The Morgan fingerprint density at radius 2 is 2.00 bits per heavy atom. The van der Waals surface area contributed by atoms with Gasteiger partial charge in [-0.25, -0.2) is 0 Å². The van der Waals surface area contributed by atoms with Crippen LogP contribution in [0.1, 0.15) is 26.7 Å². The first kappa shape index (κ1) is 14.3. The van der Waals surface area contributed by atoms with Crippen molar-refractivity contribution >= 4 is 0 Å². The van der Waals surface area contributed by atoms with Crippen LogP contribution >= 0.6 is 0 Å². The van der Waals surface area contributed by atoms with Crippen LogP contribution in [0.4, 0.5) is 0 Å². The molecule has 2 rings (SSSR count). The molecule has 0 radical (unpaired) electrons. The fourth-order valence-corrected chi connectivity index (χ4v) is 3.04. The molecule has 18 heavy (non-hydrogen) atoms. The van der Waals surface area contributed by atoms with E-state index in [4.69, 9.17) is 4.74 Å². The standard InChI is InChI=1S/C14H28N2O2/c1-3-13(2)16-7-5-15(6-8-16)10-14(11-17)4-9-18-12-14/h13,17H,3-12H2,1-2H3. The quantitative estimate of drug-likeness (QED) is 0.789. The molecule has 2 aliphatic heterocycles. The Kier molecular flexibility index (Phi) is 5.01. The Hall–Kier alpha value is -0.160. The summed E-state index contributed by atoms with van der Waals surface area (Å²) in [6.07, 6.45) is 2.24. The molecule has 106 valence electrons. The number of ether oxygens (including phenoxy) is 1. The van der Waals surface area contributed by atoms with Crippen LogP contribution in [-0.2, 0) is 4.74 Å². The maximum absolute atomic E-state index is 9.61. The molecule has 4 nitrogen and oxygen atoms in total. The van der Waals surface area contributed by atoms with Crippen molar-refractivity contribution in [3.05, 3.63) is 0 Å². The van der Waals surface area contributed by atoms with Gasteiger partial charge in [0.25, 0.3) is 0 Å². The van der Waals surface area contributed by atoms with Gasteiger partial charge < -0.3 is 14.7 Å². The van der Waals surface area contributed by atoms with Crippen molar-refractivity contribution in [2.45, 2.75) is 32.7 Å². The van der Waals surface area contributed by atoms with Gasteiger partial charge in [0.1, 0.15) is 0 Å². The number of nitrogens with zero attached hydrogens (tertiary/aromatic N) is 2. The van der Waals surface area contributed by atoms with Crippen LogP contribution < -0.4 is 0 Å². The largest absolute Gasteiger partial charge is 0.396 e. The van der Waals surface area contributed by atoms with E-state index >= 15 is 0 Å². The number of hydrogen-bond donors (Lipinski definition) is 1. The Morgan fingerprint density at radius 3 is 2.50 bits per heavy atom. The van der Waals surface area contributed by atoms with E-state index in [9.17, 15) is 5.11 Å². The van der Waals surface area contributed by atoms with E-state index in [1.54, 1.807) is 0 Å². The Labute approximate surface area is 111 Å². The second kappa shape index (κ2) is 6.33. The number of aliphatic hydroxyl groups is 1. The maximum atomic E-state index is 9.61. The minimum absolute atomic E-state index is 0.0124. The van der Waals surface area contributed by atoms with Crippen LogP contribution in [0.15, 0.2) is 0 Å². The molecule has 0 bridgehead atoms. The molecule has 2 atom stereocenters. The van der Waals surface area contributed by atoms with E-state index < -0.39 is 0 Å². The first-order chi connectivity index (χ1) is 8.69. The van der Waals surface area contributed by atoms with Gasteiger partial charge in [-0.2, -0.15) is 0 Å². The summed E-state index contributed by atoms with van der Waals surface area (Å²) in [5.74, 6) is 0. The van der Waals surface area contributed by atoms with Gasteiger partial charge in [0, 0.05) is 50.8 Å².